The van der Waals surface area contributed by atoms with Gasteiger partial charge in [0.1, 0.15) is 5.82 Å². The number of carbonyl (C=O) groups is 2. The monoisotopic (exact) mass is 315 g/mol. The van der Waals surface area contributed by atoms with Gasteiger partial charge in [0.05, 0.1) is 6.54 Å². The zero-order chi connectivity index (χ0) is 14.4. The summed E-state index contributed by atoms with van der Waals surface area (Å²) in [7, 11) is 0. The van der Waals surface area contributed by atoms with Crippen molar-refractivity contribution in [2.45, 2.75) is 25.3 Å². The normalized spacial score (nSPS) is 16.9. The summed E-state index contributed by atoms with van der Waals surface area (Å²) in [6.07, 6.45) is 2.47. The molecule has 21 heavy (non-hydrogen) atoms. The molecule has 3 N–H and O–H groups in total. The molecule has 1 aliphatic rings. The van der Waals surface area contributed by atoms with Crippen LogP contribution in [0.3, 0.4) is 0 Å². The number of carbonyl (C=O) groups excluding carboxylic acids is 2. The Bertz CT molecular complexity index is 476. The summed E-state index contributed by atoms with van der Waals surface area (Å²) in [6.45, 7) is 0.867. The first-order valence-corrected chi connectivity index (χ1v) is 6.69. The van der Waals surface area contributed by atoms with Gasteiger partial charge in [-0.05, 0) is 43.7 Å². The summed E-state index contributed by atoms with van der Waals surface area (Å²) in [4.78, 5) is 23.2. The maximum absolute atomic E-state index is 12.7. The van der Waals surface area contributed by atoms with E-state index in [4.69, 9.17) is 0 Å². The van der Waals surface area contributed by atoms with Crippen molar-refractivity contribution in [3.63, 3.8) is 0 Å². The van der Waals surface area contributed by atoms with Crippen LogP contribution in [0, 0.1) is 5.82 Å². The third kappa shape index (κ3) is 6.10. The Morgan fingerprint density at radius 3 is 2.57 bits per heavy atom. The van der Waals surface area contributed by atoms with Gasteiger partial charge in [0, 0.05) is 18.2 Å². The van der Waals surface area contributed by atoms with E-state index in [1.807, 2.05) is 0 Å². The van der Waals surface area contributed by atoms with Crippen molar-refractivity contribution in [1.29, 1.82) is 0 Å². The second-order valence-electron chi connectivity index (χ2n) is 4.83. The highest BCUT2D eigenvalue weighted by atomic mass is 35.5. The van der Waals surface area contributed by atoms with E-state index in [-0.39, 0.29) is 42.6 Å². The van der Waals surface area contributed by atoms with Gasteiger partial charge in [-0.25, -0.2) is 4.39 Å². The number of rotatable bonds is 5. The number of amides is 2. The first-order valence-electron chi connectivity index (χ1n) is 6.69. The van der Waals surface area contributed by atoms with Crippen LogP contribution in [0.5, 0.6) is 0 Å². The first-order chi connectivity index (χ1) is 9.63. The molecule has 5 nitrogen and oxygen atoms in total. The molecule has 0 saturated carbocycles. The van der Waals surface area contributed by atoms with Gasteiger partial charge in [0.25, 0.3) is 0 Å². The maximum atomic E-state index is 12.7. The van der Waals surface area contributed by atoms with Crippen LogP contribution in [0.2, 0.25) is 0 Å². The summed E-state index contributed by atoms with van der Waals surface area (Å²) in [5.41, 5.74) is 0.503. The van der Waals surface area contributed by atoms with Gasteiger partial charge >= 0.3 is 0 Å². The summed E-state index contributed by atoms with van der Waals surface area (Å²) in [5.74, 6) is -0.830. The highest BCUT2D eigenvalue weighted by molar-refractivity contribution is 5.94. The van der Waals surface area contributed by atoms with E-state index in [1.165, 1.54) is 24.3 Å². The van der Waals surface area contributed by atoms with E-state index in [0.717, 1.165) is 19.4 Å². The Labute approximate surface area is 129 Å². The van der Waals surface area contributed by atoms with Gasteiger partial charge in [-0.15, -0.1) is 12.4 Å². The van der Waals surface area contributed by atoms with Gasteiger partial charge in [-0.1, -0.05) is 0 Å². The molecule has 1 atom stereocenters. The molecule has 1 aromatic carbocycles. The third-order valence-corrected chi connectivity index (χ3v) is 3.17. The predicted molar refractivity (Wildman–Crippen MR) is 80.9 cm³/mol. The van der Waals surface area contributed by atoms with Crippen LogP contribution in [-0.2, 0) is 9.59 Å². The van der Waals surface area contributed by atoms with Crippen LogP contribution < -0.4 is 16.0 Å². The van der Waals surface area contributed by atoms with Crippen LogP contribution in [0.15, 0.2) is 24.3 Å². The van der Waals surface area contributed by atoms with Crippen molar-refractivity contribution in [2.24, 2.45) is 0 Å². The molecule has 116 valence electrons. The first kappa shape index (κ1) is 17.4. The lowest BCUT2D eigenvalue weighted by atomic mass is 10.1. The number of benzene rings is 1. The van der Waals surface area contributed by atoms with Crippen LogP contribution in [0.1, 0.15) is 19.3 Å². The molecule has 2 amide bonds. The number of nitrogens with one attached hydrogen (secondary N) is 3. The SMILES string of the molecule is Cl.O=C(CC1CCCN1)NCC(=O)Nc1ccc(F)cc1. The molecule has 1 aliphatic heterocycles. The minimum absolute atomic E-state index is 0. The molecule has 0 aliphatic carbocycles. The molecular weight excluding hydrogens is 297 g/mol. The molecule has 2 rings (SSSR count). The number of anilines is 1. The van der Waals surface area contributed by atoms with E-state index in [9.17, 15) is 14.0 Å². The lowest BCUT2D eigenvalue weighted by molar-refractivity contribution is -0.124. The van der Waals surface area contributed by atoms with Gasteiger partial charge < -0.3 is 16.0 Å². The molecule has 0 radical (unpaired) electrons. The van der Waals surface area contributed by atoms with Crippen molar-refractivity contribution < 1.29 is 14.0 Å². The van der Waals surface area contributed by atoms with Gasteiger partial charge in [0.2, 0.25) is 11.8 Å². The van der Waals surface area contributed by atoms with Gasteiger partial charge in [-0.2, -0.15) is 0 Å². The van der Waals surface area contributed by atoms with E-state index >= 15 is 0 Å². The third-order valence-electron chi connectivity index (χ3n) is 3.17. The van der Waals surface area contributed by atoms with Crippen LogP contribution in [0.25, 0.3) is 0 Å². The van der Waals surface area contributed by atoms with E-state index in [0.29, 0.717) is 12.1 Å². The van der Waals surface area contributed by atoms with Crippen LogP contribution in [0.4, 0.5) is 10.1 Å². The second kappa shape index (κ2) is 8.59. The van der Waals surface area contributed by atoms with E-state index in [2.05, 4.69) is 16.0 Å². The fourth-order valence-corrected chi connectivity index (χ4v) is 2.14. The smallest absolute Gasteiger partial charge is 0.243 e. The fourth-order valence-electron chi connectivity index (χ4n) is 2.14. The Kier molecular flexibility index (Phi) is 7.11. The molecule has 1 aromatic rings. The van der Waals surface area contributed by atoms with Crippen molar-refractivity contribution in [3.05, 3.63) is 30.1 Å². The molecule has 1 unspecified atom stereocenters. The Morgan fingerprint density at radius 2 is 1.95 bits per heavy atom. The number of hydrogen-bond acceptors (Lipinski definition) is 3. The molecule has 0 aromatic heterocycles. The lowest BCUT2D eigenvalue weighted by Crippen LogP contribution is -2.36. The van der Waals surface area contributed by atoms with Crippen molar-refractivity contribution in [1.82, 2.24) is 10.6 Å². The summed E-state index contributed by atoms with van der Waals surface area (Å²) in [6, 6.07) is 5.68. The topological polar surface area (TPSA) is 70.2 Å². The summed E-state index contributed by atoms with van der Waals surface area (Å²) in [5, 5.41) is 8.38. The molecule has 1 heterocycles. The summed E-state index contributed by atoms with van der Waals surface area (Å²) >= 11 is 0. The zero-order valence-corrected chi connectivity index (χ0v) is 12.3. The maximum Gasteiger partial charge on any atom is 0.243 e. The summed E-state index contributed by atoms with van der Waals surface area (Å²) < 4.78 is 12.7. The zero-order valence-electron chi connectivity index (χ0n) is 11.5. The molecule has 1 fully saturated rings. The van der Waals surface area contributed by atoms with E-state index < -0.39 is 0 Å². The Morgan fingerprint density at radius 1 is 1.24 bits per heavy atom. The predicted octanol–water partition coefficient (Wildman–Crippen LogP) is 1.44. The number of hydrogen-bond donors (Lipinski definition) is 3. The Hall–Kier alpha value is -1.66. The van der Waals surface area contributed by atoms with Gasteiger partial charge in [0.15, 0.2) is 0 Å². The molecule has 0 bridgehead atoms. The molecule has 7 heteroatoms. The van der Waals surface area contributed by atoms with E-state index in [1.54, 1.807) is 0 Å². The van der Waals surface area contributed by atoms with Crippen molar-refractivity contribution in [2.75, 3.05) is 18.4 Å². The molecular formula is C14H19ClFN3O2. The van der Waals surface area contributed by atoms with Crippen molar-refractivity contribution in [3.8, 4) is 0 Å². The fraction of sp³-hybridized carbons (Fsp3) is 0.429. The average Bonchev–Trinajstić information content (AvgIpc) is 2.92. The quantitative estimate of drug-likeness (QED) is 0.770. The second-order valence-corrected chi connectivity index (χ2v) is 4.83. The highest BCUT2D eigenvalue weighted by Gasteiger charge is 2.17. The van der Waals surface area contributed by atoms with Crippen LogP contribution in [-0.4, -0.2) is 30.9 Å². The van der Waals surface area contributed by atoms with Crippen molar-refractivity contribution >= 4 is 29.9 Å². The standard InChI is InChI=1S/C14H18FN3O2.ClH/c15-10-3-5-11(6-4-10)18-14(20)9-17-13(19)8-12-2-1-7-16-12;/h3-6,12,16H,1-2,7-9H2,(H,17,19)(H,18,20);1H. The largest absolute Gasteiger partial charge is 0.347 e. The average molecular weight is 316 g/mol. The Balaban J connectivity index is 0.00000220. The van der Waals surface area contributed by atoms with Gasteiger partial charge in [-0.3, -0.25) is 9.59 Å². The minimum atomic E-state index is -0.361. The molecule has 0 spiro atoms. The molecule has 1 saturated heterocycles. The highest BCUT2D eigenvalue weighted by Crippen LogP contribution is 2.09. The lowest BCUT2D eigenvalue weighted by Gasteiger charge is -2.10. The van der Waals surface area contributed by atoms with Crippen LogP contribution >= 0.6 is 12.4 Å². The minimum Gasteiger partial charge on any atom is -0.347 e. The number of halogens is 2.